The molecule has 28 heavy (non-hydrogen) atoms. The highest BCUT2D eigenvalue weighted by Gasteiger charge is 2.14. The van der Waals surface area contributed by atoms with Crippen molar-refractivity contribution in [3.8, 4) is 11.5 Å². The maximum atomic E-state index is 12.7. The number of hydrogen-bond acceptors (Lipinski definition) is 3. The van der Waals surface area contributed by atoms with Crippen molar-refractivity contribution in [2.45, 2.75) is 20.8 Å². The van der Waals surface area contributed by atoms with Gasteiger partial charge in [-0.15, -0.1) is 0 Å². The van der Waals surface area contributed by atoms with Crippen LogP contribution < -0.4 is 5.32 Å². The van der Waals surface area contributed by atoms with E-state index in [1.165, 1.54) is 0 Å². The first-order valence-corrected chi connectivity index (χ1v) is 9.34. The van der Waals surface area contributed by atoms with Gasteiger partial charge in [-0.3, -0.25) is 4.79 Å². The average Bonchev–Trinajstić information content (AvgIpc) is 3.06. The molecule has 140 valence electrons. The highest BCUT2D eigenvalue weighted by Crippen LogP contribution is 2.29. The second-order valence-corrected chi connectivity index (χ2v) is 7.36. The van der Waals surface area contributed by atoms with Gasteiger partial charge >= 0.3 is 0 Å². The van der Waals surface area contributed by atoms with Gasteiger partial charge in [0, 0.05) is 11.3 Å². The number of nitrogens with one attached hydrogen (secondary N) is 1. The van der Waals surface area contributed by atoms with E-state index >= 15 is 0 Å². The Morgan fingerprint density at radius 1 is 0.964 bits per heavy atom. The van der Waals surface area contributed by atoms with E-state index in [0.29, 0.717) is 22.2 Å². The Morgan fingerprint density at radius 2 is 1.71 bits per heavy atom. The summed E-state index contributed by atoms with van der Waals surface area (Å²) < 4.78 is 5.91. The molecule has 4 rings (SSSR count). The third-order valence-electron chi connectivity index (χ3n) is 4.65. The molecule has 4 nitrogen and oxygen atoms in total. The zero-order valence-corrected chi connectivity index (χ0v) is 16.6. The molecule has 0 saturated carbocycles. The van der Waals surface area contributed by atoms with Crippen molar-refractivity contribution in [1.29, 1.82) is 0 Å². The number of aromatic nitrogens is 1. The monoisotopic (exact) mass is 390 g/mol. The Hall–Kier alpha value is -3.11. The summed E-state index contributed by atoms with van der Waals surface area (Å²) in [5, 5.41) is 3.38. The lowest BCUT2D eigenvalue weighted by molar-refractivity contribution is 0.102. The van der Waals surface area contributed by atoms with Crippen LogP contribution in [0.1, 0.15) is 27.0 Å². The number of anilines is 1. The molecule has 5 heteroatoms. The van der Waals surface area contributed by atoms with Crippen molar-refractivity contribution in [3.05, 3.63) is 81.9 Å². The molecule has 1 heterocycles. The quantitative estimate of drug-likeness (QED) is 0.445. The topological polar surface area (TPSA) is 55.1 Å². The van der Waals surface area contributed by atoms with E-state index in [4.69, 9.17) is 16.0 Å². The molecule has 4 aromatic rings. The van der Waals surface area contributed by atoms with Gasteiger partial charge in [-0.25, -0.2) is 4.98 Å². The molecule has 0 bridgehead atoms. The van der Waals surface area contributed by atoms with Crippen LogP contribution in [0.3, 0.4) is 0 Å². The molecule has 3 aromatic carbocycles. The highest BCUT2D eigenvalue weighted by molar-refractivity contribution is 6.34. The number of benzene rings is 3. The largest absolute Gasteiger partial charge is 0.436 e. The molecule has 0 spiro atoms. The lowest BCUT2D eigenvalue weighted by Gasteiger charge is -2.11. The first-order chi connectivity index (χ1) is 13.4. The van der Waals surface area contributed by atoms with Crippen LogP contribution in [0, 0.1) is 20.8 Å². The van der Waals surface area contributed by atoms with Gasteiger partial charge in [0.2, 0.25) is 5.89 Å². The molecule has 0 aliphatic carbocycles. The molecule has 0 atom stereocenters. The van der Waals surface area contributed by atoms with E-state index in [1.807, 2.05) is 63.2 Å². The van der Waals surface area contributed by atoms with Crippen LogP contribution in [0.5, 0.6) is 0 Å². The summed E-state index contributed by atoms with van der Waals surface area (Å²) in [4.78, 5) is 17.2. The predicted molar refractivity (Wildman–Crippen MR) is 113 cm³/mol. The zero-order chi connectivity index (χ0) is 19.8. The smallest absolute Gasteiger partial charge is 0.257 e. The van der Waals surface area contributed by atoms with Crippen LogP contribution in [0.25, 0.3) is 22.6 Å². The summed E-state index contributed by atoms with van der Waals surface area (Å²) in [6, 6.07) is 17.0. The molecular weight excluding hydrogens is 372 g/mol. The molecule has 1 amide bonds. The normalized spacial score (nSPS) is 11.0. The summed E-state index contributed by atoms with van der Waals surface area (Å²) in [6.45, 7) is 5.88. The number of oxazole rings is 1. The number of nitrogens with zero attached hydrogens (tertiary/aromatic N) is 1. The maximum Gasteiger partial charge on any atom is 0.257 e. The SMILES string of the molecule is Cc1ccc(C(=O)Nc2cc(-c3nc4ccc(C)cc4o3)ccc2C)c(Cl)c1. The third-order valence-corrected chi connectivity index (χ3v) is 4.96. The molecule has 0 aliphatic rings. The van der Waals surface area contributed by atoms with Crippen LogP contribution >= 0.6 is 11.6 Å². The summed E-state index contributed by atoms with van der Waals surface area (Å²) in [5.74, 6) is 0.267. The summed E-state index contributed by atoms with van der Waals surface area (Å²) >= 11 is 6.23. The molecule has 1 aromatic heterocycles. The van der Waals surface area contributed by atoms with E-state index in [2.05, 4.69) is 10.3 Å². The zero-order valence-electron chi connectivity index (χ0n) is 15.8. The van der Waals surface area contributed by atoms with Gasteiger partial charge < -0.3 is 9.73 Å². The van der Waals surface area contributed by atoms with Crippen LogP contribution in [0.2, 0.25) is 5.02 Å². The number of amides is 1. The first-order valence-electron chi connectivity index (χ1n) is 8.96. The van der Waals surface area contributed by atoms with E-state index in [1.54, 1.807) is 12.1 Å². The van der Waals surface area contributed by atoms with Crippen molar-refractivity contribution >= 4 is 34.3 Å². The minimum absolute atomic E-state index is 0.251. The van der Waals surface area contributed by atoms with Crippen LogP contribution in [0.15, 0.2) is 59.0 Å². The molecule has 0 radical (unpaired) electrons. The third kappa shape index (κ3) is 3.51. The van der Waals surface area contributed by atoms with Gasteiger partial charge in [-0.2, -0.15) is 0 Å². The predicted octanol–water partition coefficient (Wildman–Crippen LogP) is 6.33. The van der Waals surface area contributed by atoms with Gasteiger partial charge in [0.15, 0.2) is 5.58 Å². The van der Waals surface area contributed by atoms with Crippen molar-refractivity contribution in [2.24, 2.45) is 0 Å². The Bertz CT molecular complexity index is 1210. The van der Waals surface area contributed by atoms with Gasteiger partial charge in [-0.1, -0.05) is 29.8 Å². The van der Waals surface area contributed by atoms with Crippen LogP contribution in [-0.2, 0) is 0 Å². The number of carbonyl (C=O) groups excluding carboxylic acids is 1. The minimum atomic E-state index is -0.251. The second kappa shape index (κ2) is 7.13. The van der Waals surface area contributed by atoms with Gasteiger partial charge in [0.1, 0.15) is 5.52 Å². The van der Waals surface area contributed by atoms with Crippen molar-refractivity contribution in [2.75, 3.05) is 5.32 Å². The van der Waals surface area contributed by atoms with E-state index in [-0.39, 0.29) is 5.91 Å². The lowest BCUT2D eigenvalue weighted by atomic mass is 10.1. The Labute approximate surface area is 168 Å². The molecule has 0 saturated heterocycles. The summed E-state index contributed by atoms with van der Waals surface area (Å²) in [7, 11) is 0. The highest BCUT2D eigenvalue weighted by atomic mass is 35.5. The molecule has 0 aliphatic heterocycles. The van der Waals surface area contributed by atoms with Gasteiger partial charge in [0.25, 0.3) is 5.91 Å². The first kappa shape index (κ1) is 18.3. The minimum Gasteiger partial charge on any atom is -0.436 e. The van der Waals surface area contributed by atoms with Crippen molar-refractivity contribution in [1.82, 2.24) is 4.98 Å². The number of aryl methyl sites for hydroxylation is 3. The summed E-state index contributed by atoms with van der Waals surface area (Å²) in [5.41, 5.74) is 6.53. The number of hydrogen-bond donors (Lipinski definition) is 1. The van der Waals surface area contributed by atoms with E-state index < -0.39 is 0 Å². The molecular formula is C23H19ClN2O2. The fourth-order valence-electron chi connectivity index (χ4n) is 3.04. The van der Waals surface area contributed by atoms with Crippen molar-refractivity contribution in [3.63, 3.8) is 0 Å². The fourth-order valence-corrected chi connectivity index (χ4v) is 3.36. The van der Waals surface area contributed by atoms with Crippen molar-refractivity contribution < 1.29 is 9.21 Å². The standard InChI is InChI=1S/C23H19ClN2O2/c1-13-4-8-17(18(24)10-13)22(27)25-20-12-16(7-6-15(20)3)23-26-19-9-5-14(2)11-21(19)28-23/h4-12H,1-3H3,(H,25,27). The Kier molecular flexibility index (Phi) is 4.65. The molecule has 1 N–H and O–H groups in total. The van der Waals surface area contributed by atoms with Crippen LogP contribution in [0.4, 0.5) is 5.69 Å². The van der Waals surface area contributed by atoms with Crippen LogP contribution in [-0.4, -0.2) is 10.9 Å². The molecule has 0 unspecified atom stereocenters. The Morgan fingerprint density at radius 3 is 2.50 bits per heavy atom. The number of fused-ring (bicyclic) bond motifs is 1. The number of carbonyl (C=O) groups is 1. The Balaban J connectivity index is 1.67. The lowest BCUT2D eigenvalue weighted by Crippen LogP contribution is -2.13. The molecule has 0 fully saturated rings. The maximum absolute atomic E-state index is 12.7. The van der Waals surface area contributed by atoms with Gasteiger partial charge in [0.05, 0.1) is 10.6 Å². The number of halogens is 1. The average molecular weight is 391 g/mol. The second-order valence-electron chi connectivity index (χ2n) is 6.96. The fraction of sp³-hybridized carbons (Fsp3) is 0.130. The van der Waals surface area contributed by atoms with E-state index in [9.17, 15) is 4.79 Å². The summed E-state index contributed by atoms with van der Waals surface area (Å²) in [6.07, 6.45) is 0. The van der Waals surface area contributed by atoms with Gasteiger partial charge in [-0.05, 0) is 73.9 Å². The van der Waals surface area contributed by atoms with E-state index in [0.717, 1.165) is 33.4 Å². The number of rotatable bonds is 3.